The summed E-state index contributed by atoms with van der Waals surface area (Å²) in [5.74, 6) is 1.06. The number of halogens is 2. The van der Waals surface area contributed by atoms with E-state index in [1.165, 1.54) is 4.21 Å². The van der Waals surface area contributed by atoms with Crippen LogP contribution in [0.25, 0.3) is 10.9 Å². The quantitative estimate of drug-likeness (QED) is 0.267. The summed E-state index contributed by atoms with van der Waals surface area (Å²) in [6.45, 7) is 2.56. The van der Waals surface area contributed by atoms with Crippen molar-refractivity contribution in [1.82, 2.24) is 9.88 Å². The molecule has 0 spiro atoms. The summed E-state index contributed by atoms with van der Waals surface area (Å²) in [6.07, 6.45) is 2.57. The van der Waals surface area contributed by atoms with E-state index in [0.717, 1.165) is 47.0 Å². The normalized spacial score (nSPS) is 19.6. The molecule has 0 unspecified atom stereocenters. The molecule has 35 heavy (non-hydrogen) atoms. The molecule has 3 atom stereocenters. The highest BCUT2D eigenvalue weighted by Crippen LogP contribution is 2.37. The number of carboxylic acid groups (broad SMARTS) is 1. The summed E-state index contributed by atoms with van der Waals surface area (Å²) >= 11 is 9.37. The number of rotatable bonds is 11. The van der Waals surface area contributed by atoms with Crippen LogP contribution in [-0.4, -0.2) is 53.5 Å². The van der Waals surface area contributed by atoms with E-state index in [1.54, 1.807) is 42.5 Å². The number of fused-ring (bicyclic) bond motifs is 1. The first kappa shape index (κ1) is 26.2. The summed E-state index contributed by atoms with van der Waals surface area (Å²) in [5.41, 5.74) is 1.36. The van der Waals surface area contributed by atoms with Gasteiger partial charge in [-0.1, -0.05) is 11.6 Å². The van der Waals surface area contributed by atoms with Crippen molar-refractivity contribution in [1.29, 1.82) is 0 Å². The standard InChI is InChI=1S/C26H30ClFN2O3S2/c1-33-19-3-5-23-21(15-19)20(8-10-29-23)22(28)4-2-17-9-11-30(16-18(17)14-25(31)32)12-13-34-26-7-6-24(27)35-26/h3,5-8,10,15,17-18,22H,2,4,9,11-14,16H2,1H3,(H,31,32)/t17-,18+,22+/m1/s1. The molecule has 3 aromatic rings. The molecule has 1 N–H and O–H groups in total. The molecule has 0 radical (unpaired) electrons. The molecule has 1 saturated heterocycles. The number of piperidine rings is 1. The zero-order valence-corrected chi connectivity index (χ0v) is 22.0. The van der Waals surface area contributed by atoms with Gasteiger partial charge in [0.1, 0.15) is 11.9 Å². The first-order chi connectivity index (χ1) is 16.9. The lowest BCUT2D eigenvalue weighted by Crippen LogP contribution is -2.42. The third-order valence-electron chi connectivity index (χ3n) is 6.72. The summed E-state index contributed by atoms with van der Waals surface area (Å²) in [7, 11) is 1.59. The molecular formula is C26H30ClFN2O3S2. The van der Waals surface area contributed by atoms with Gasteiger partial charge in [-0.2, -0.15) is 0 Å². The van der Waals surface area contributed by atoms with Crippen LogP contribution in [-0.2, 0) is 4.79 Å². The Morgan fingerprint density at radius 1 is 1.34 bits per heavy atom. The molecule has 2 aromatic heterocycles. The summed E-state index contributed by atoms with van der Waals surface area (Å²) in [5, 5.41) is 10.3. The average molecular weight is 537 g/mol. The van der Waals surface area contributed by atoms with Gasteiger partial charge in [0, 0.05) is 36.8 Å². The highest BCUT2D eigenvalue weighted by Gasteiger charge is 2.31. The monoisotopic (exact) mass is 536 g/mol. The van der Waals surface area contributed by atoms with E-state index < -0.39 is 12.1 Å². The SMILES string of the molecule is COc1ccc2nccc([C@@H](F)CC[C@@H]3CCN(CCSc4ccc(Cl)s4)C[C@@H]3CC(=O)O)c2c1. The maximum Gasteiger partial charge on any atom is 0.303 e. The molecule has 3 heterocycles. The van der Waals surface area contributed by atoms with Crippen LogP contribution >= 0.6 is 34.7 Å². The van der Waals surface area contributed by atoms with Crippen molar-refractivity contribution >= 4 is 51.6 Å². The minimum atomic E-state index is -1.13. The molecule has 0 amide bonds. The van der Waals surface area contributed by atoms with Crippen molar-refractivity contribution in [3.05, 3.63) is 52.5 Å². The second-order valence-electron chi connectivity index (χ2n) is 8.94. The molecule has 0 saturated carbocycles. The second kappa shape index (κ2) is 12.4. The number of methoxy groups -OCH3 is 1. The van der Waals surface area contributed by atoms with Crippen molar-refractivity contribution in [3.63, 3.8) is 0 Å². The molecular weight excluding hydrogens is 507 g/mol. The largest absolute Gasteiger partial charge is 0.497 e. The zero-order valence-electron chi connectivity index (χ0n) is 19.7. The van der Waals surface area contributed by atoms with E-state index in [4.69, 9.17) is 16.3 Å². The van der Waals surface area contributed by atoms with Gasteiger partial charge in [-0.15, -0.1) is 23.1 Å². The maximum atomic E-state index is 15.4. The second-order valence-corrected chi connectivity index (χ2v) is 12.1. The topological polar surface area (TPSA) is 62.7 Å². The van der Waals surface area contributed by atoms with Crippen LogP contribution in [0.5, 0.6) is 5.75 Å². The van der Waals surface area contributed by atoms with E-state index in [9.17, 15) is 9.90 Å². The first-order valence-electron chi connectivity index (χ1n) is 11.8. The predicted molar refractivity (Wildman–Crippen MR) is 142 cm³/mol. The summed E-state index contributed by atoms with van der Waals surface area (Å²) in [6, 6.07) is 11.2. The van der Waals surface area contributed by atoms with Crippen LogP contribution < -0.4 is 4.74 Å². The first-order valence-corrected chi connectivity index (χ1v) is 14.0. The van der Waals surface area contributed by atoms with Gasteiger partial charge >= 0.3 is 5.97 Å². The highest BCUT2D eigenvalue weighted by molar-refractivity contribution is 8.01. The van der Waals surface area contributed by atoms with Crippen molar-refractivity contribution in [2.24, 2.45) is 11.8 Å². The molecule has 1 aliphatic heterocycles. The Balaban J connectivity index is 1.35. The van der Waals surface area contributed by atoms with Crippen LogP contribution in [0.2, 0.25) is 4.34 Å². The van der Waals surface area contributed by atoms with E-state index in [-0.39, 0.29) is 18.3 Å². The van der Waals surface area contributed by atoms with Gasteiger partial charge in [0.15, 0.2) is 0 Å². The van der Waals surface area contributed by atoms with Crippen LogP contribution in [0, 0.1) is 11.8 Å². The number of nitrogens with zero attached hydrogens (tertiary/aromatic N) is 2. The molecule has 1 aliphatic rings. The third-order valence-corrected chi connectivity index (χ3v) is 9.16. The highest BCUT2D eigenvalue weighted by atomic mass is 35.5. The Hall–Kier alpha value is -1.87. The Morgan fingerprint density at radius 2 is 2.20 bits per heavy atom. The predicted octanol–water partition coefficient (Wildman–Crippen LogP) is 6.95. The molecule has 0 bridgehead atoms. The smallest absolute Gasteiger partial charge is 0.303 e. The van der Waals surface area contributed by atoms with Crippen molar-refractivity contribution in [2.45, 2.75) is 36.1 Å². The molecule has 1 aromatic carbocycles. The number of thiophene rings is 1. The van der Waals surface area contributed by atoms with Gasteiger partial charge in [-0.25, -0.2) is 4.39 Å². The molecule has 0 aliphatic carbocycles. The fraction of sp³-hybridized carbons (Fsp3) is 0.462. The lowest BCUT2D eigenvalue weighted by Gasteiger charge is -2.38. The van der Waals surface area contributed by atoms with E-state index >= 15 is 4.39 Å². The van der Waals surface area contributed by atoms with Crippen molar-refractivity contribution in [2.75, 3.05) is 32.5 Å². The van der Waals surface area contributed by atoms with Gasteiger partial charge in [-0.05, 0) is 79.6 Å². The number of hydrogen-bond acceptors (Lipinski definition) is 6. The molecule has 5 nitrogen and oxygen atoms in total. The number of aromatic nitrogens is 1. The van der Waals surface area contributed by atoms with Gasteiger partial charge in [0.25, 0.3) is 0 Å². The van der Waals surface area contributed by atoms with Crippen LogP contribution in [0.4, 0.5) is 4.39 Å². The Bertz CT molecular complexity index is 1140. The van der Waals surface area contributed by atoms with Crippen LogP contribution in [0.15, 0.2) is 46.8 Å². The maximum absolute atomic E-state index is 15.4. The number of ether oxygens (including phenoxy) is 1. The number of benzene rings is 1. The minimum Gasteiger partial charge on any atom is -0.497 e. The fourth-order valence-corrected chi connectivity index (χ4v) is 7.29. The Kier molecular flexibility index (Phi) is 9.27. The van der Waals surface area contributed by atoms with Gasteiger partial charge in [-0.3, -0.25) is 9.78 Å². The lowest BCUT2D eigenvalue weighted by atomic mass is 9.79. The van der Waals surface area contributed by atoms with Crippen LogP contribution in [0.1, 0.15) is 37.4 Å². The fourth-order valence-electron chi connectivity index (χ4n) is 4.91. The average Bonchev–Trinajstić information content (AvgIpc) is 3.27. The lowest BCUT2D eigenvalue weighted by molar-refractivity contribution is -0.139. The molecule has 4 rings (SSSR count). The number of aliphatic carboxylic acids is 1. The zero-order chi connectivity index (χ0) is 24.8. The van der Waals surface area contributed by atoms with E-state index in [2.05, 4.69) is 9.88 Å². The van der Waals surface area contributed by atoms with E-state index in [1.807, 2.05) is 30.3 Å². The number of hydrogen-bond donors (Lipinski definition) is 1. The van der Waals surface area contributed by atoms with Gasteiger partial charge < -0.3 is 14.7 Å². The number of thioether (sulfide) groups is 1. The summed E-state index contributed by atoms with van der Waals surface area (Å²) < 4.78 is 22.7. The minimum absolute atomic E-state index is 0.0314. The number of alkyl halides is 1. The van der Waals surface area contributed by atoms with Gasteiger partial charge in [0.05, 0.1) is 21.2 Å². The van der Waals surface area contributed by atoms with Crippen molar-refractivity contribution < 1.29 is 19.0 Å². The number of carbonyl (C=O) groups is 1. The Morgan fingerprint density at radius 3 is 2.94 bits per heavy atom. The third kappa shape index (κ3) is 7.09. The van der Waals surface area contributed by atoms with E-state index in [0.29, 0.717) is 24.2 Å². The number of likely N-dealkylation sites (tertiary alicyclic amines) is 1. The van der Waals surface area contributed by atoms with Gasteiger partial charge in [0.2, 0.25) is 0 Å². The van der Waals surface area contributed by atoms with Crippen LogP contribution in [0.3, 0.4) is 0 Å². The number of carboxylic acids is 1. The molecule has 9 heteroatoms. The molecule has 188 valence electrons. The number of pyridine rings is 1. The Labute approximate surface area is 218 Å². The summed E-state index contributed by atoms with van der Waals surface area (Å²) in [4.78, 5) is 18.3. The molecule has 1 fully saturated rings. The van der Waals surface area contributed by atoms with Crippen molar-refractivity contribution in [3.8, 4) is 5.75 Å².